The van der Waals surface area contributed by atoms with E-state index in [4.69, 9.17) is 18.9 Å². The van der Waals surface area contributed by atoms with Crippen molar-refractivity contribution < 1.29 is 42.9 Å². The number of hydrogen-bond donors (Lipinski definition) is 0. The Kier molecular flexibility index (Phi) is 42.8. The highest BCUT2D eigenvalue weighted by atomic mass is 16.7. The molecule has 2 atom stereocenters. The van der Waals surface area contributed by atoms with E-state index >= 15 is 0 Å². The van der Waals surface area contributed by atoms with Crippen LogP contribution in [0.15, 0.2) is 24.3 Å². The van der Waals surface area contributed by atoms with Gasteiger partial charge < -0.3 is 33.3 Å². The number of ether oxygens (including phenoxy) is 4. The first kappa shape index (κ1) is 58.8. The van der Waals surface area contributed by atoms with E-state index in [9.17, 15) is 19.5 Å². The number of aliphatic carboxylic acids is 1. The SMILES string of the molecule is CCCC/C=C\CCCCCCCC(=O)OCC(COC(OCC[N+](C)(C)C)C(=O)[O-])OC(=O)CCCCCCCCCCCCCCC/C=C\CCCCCCCCCC. The van der Waals surface area contributed by atoms with Crippen molar-refractivity contribution in [2.75, 3.05) is 47.5 Å². The van der Waals surface area contributed by atoms with Crippen molar-refractivity contribution in [1.82, 2.24) is 0 Å². The molecule has 0 aliphatic carbocycles. The Morgan fingerprint density at radius 1 is 0.475 bits per heavy atom. The van der Waals surface area contributed by atoms with Crippen LogP contribution in [-0.2, 0) is 33.3 Å². The summed E-state index contributed by atoms with van der Waals surface area (Å²) in [5.74, 6) is -2.29. The van der Waals surface area contributed by atoms with Crippen LogP contribution in [0, 0.1) is 0 Å². The molecular formula is C52H97NO8. The summed E-state index contributed by atoms with van der Waals surface area (Å²) < 4.78 is 22.6. The third-order valence-electron chi connectivity index (χ3n) is 11.2. The third-order valence-corrected chi connectivity index (χ3v) is 11.2. The summed E-state index contributed by atoms with van der Waals surface area (Å²) in [5, 5.41) is 11.7. The predicted molar refractivity (Wildman–Crippen MR) is 251 cm³/mol. The molecule has 61 heavy (non-hydrogen) atoms. The van der Waals surface area contributed by atoms with Crippen molar-refractivity contribution in [3.63, 3.8) is 0 Å². The summed E-state index contributed by atoms with van der Waals surface area (Å²) >= 11 is 0. The molecule has 0 amide bonds. The molecule has 0 aliphatic rings. The average molecular weight is 864 g/mol. The normalized spacial score (nSPS) is 13.0. The van der Waals surface area contributed by atoms with Gasteiger partial charge in [-0.15, -0.1) is 0 Å². The fourth-order valence-corrected chi connectivity index (χ4v) is 7.16. The average Bonchev–Trinajstić information content (AvgIpc) is 3.22. The van der Waals surface area contributed by atoms with Gasteiger partial charge in [-0.1, -0.05) is 186 Å². The lowest BCUT2D eigenvalue weighted by molar-refractivity contribution is -0.870. The molecule has 0 aromatic rings. The maximum atomic E-state index is 12.8. The van der Waals surface area contributed by atoms with E-state index in [1.54, 1.807) is 0 Å². The maximum absolute atomic E-state index is 12.8. The zero-order valence-corrected chi connectivity index (χ0v) is 40.5. The van der Waals surface area contributed by atoms with Crippen molar-refractivity contribution in [1.29, 1.82) is 0 Å². The van der Waals surface area contributed by atoms with Gasteiger partial charge >= 0.3 is 11.9 Å². The first-order chi connectivity index (χ1) is 29.6. The molecule has 0 bridgehead atoms. The lowest BCUT2D eigenvalue weighted by Crippen LogP contribution is -2.44. The second-order valence-electron chi connectivity index (χ2n) is 18.5. The van der Waals surface area contributed by atoms with Gasteiger partial charge in [-0.2, -0.15) is 0 Å². The van der Waals surface area contributed by atoms with Gasteiger partial charge in [0.05, 0.1) is 40.3 Å². The molecule has 2 unspecified atom stereocenters. The smallest absolute Gasteiger partial charge is 0.306 e. The standard InChI is InChI=1S/C52H97NO8/c1-6-8-10-12-14-16-18-19-20-21-22-23-24-25-26-27-28-29-30-31-33-35-37-39-41-43-50(55)61-48(47-60-52(51(56)57)58-45-44-53(3,4)5)46-59-49(54)42-40-38-36-34-32-17-15-13-11-9-7-2/h13,15,21-22,48,52H,6-12,14,16-20,23-47H2,1-5H3/b15-13-,22-21-. The summed E-state index contributed by atoms with van der Waals surface area (Å²) in [4.78, 5) is 37.0. The highest BCUT2D eigenvalue weighted by Crippen LogP contribution is 2.16. The zero-order chi connectivity index (χ0) is 44.9. The second kappa shape index (κ2) is 44.4. The largest absolute Gasteiger partial charge is 0.545 e. The monoisotopic (exact) mass is 864 g/mol. The van der Waals surface area contributed by atoms with Gasteiger partial charge in [0.1, 0.15) is 13.2 Å². The Balaban J connectivity index is 4.21. The van der Waals surface area contributed by atoms with Crippen LogP contribution >= 0.6 is 0 Å². The number of unbranched alkanes of at least 4 members (excludes halogenated alkanes) is 28. The molecule has 0 saturated heterocycles. The summed E-state index contributed by atoms with van der Waals surface area (Å²) in [6, 6.07) is 0. The van der Waals surface area contributed by atoms with Crippen molar-refractivity contribution >= 4 is 17.9 Å². The van der Waals surface area contributed by atoms with Crippen molar-refractivity contribution in [3.05, 3.63) is 24.3 Å². The minimum absolute atomic E-state index is 0.148. The summed E-state index contributed by atoms with van der Waals surface area (Å²) in [5.41, 5.74) is 0. The van der Waals surface area contributed by atoms with Gasteiger partial charge in [0.25, 0.3) is 0 Å². The molecule has 0 radical (unpaired) electrons. The first-order valence-corrected chi connectivity index (χ1v) is 25.5. The summed E-state index contributed by atoms with van der Waals surface area (Å²) in [6.07, 6.45) is 46.5. The number of carbonyl (C=O) groups is 3. The predicted octanol–water partition coefficient (Wildman–Crippen LogP) is 12.7. The van der Waals surface area contributed by atoms with E-state index in [0.29, 0.717) is 17.4 Å². The third kappa shape index (κ3) is 45.6. The number of carbonyl (C=O) groups excluding carboxylic acids is 3. The molecule has 9 nitrogen and oxygen atoms in total. The van der Waals surface area contributed by atoms with E-state index in [2.05, 4.69) is 38.2 Å². The molecule has 0 spiro atoms. The molecule has 0 aliphatic heterocycles. The zero-order valence-electron chi connectivity index (χ0n) is 40.5. The van der Waals surface area contributed by atoms with Crippen LogP contribution in [0.4, 0.5) is 0 Å². The molecule has 0 heterocycles. The molecule has 0 N–H and O–H groups in total. The summed E-state index contributed by atoms with van der Waals surface area (Å²) in [7, 11) is 5.91. The van der Waals surface area contributed by atoms with Gasteiger partial charge in [0.15, 0.2) is 12.4 Å². The number of nitrogens with zero attached hydrogens (tertiary/aromatic N) is 1. The second-order valence-corrected chi connectivity index (χ2v) is 18.5. The van der Waals surface area contributed by atoms with Crippen LogP contribution in [0.3, 0.4) is 0 Å². The maximum Gasteiger partial charge on any atom is 0.306 e. The van der Waals surface area contributed by atoms with E-state index in [1.807, 2.05) is 21.1 Å². The van der Waals surface area contributed by atoms with E-state index in [0.717, 1.165) is 57.8 Å². The molecule has 0 aromatic heterocycles. The van der Waals surface area contributed by atoms with Crippen molar-refractivity contribution in [2.45, 2.75) is 245 Å². The Labute approximate surface area is 376 Å². The Morgan fingerprint density at radius 2 is 0.852 bits per heavy atom. The topological polar surface area (TPSA) is 111 Å². The number of quaternary nitrogens is 1. The molecule has 0 fully saturated rings. The number of carboxylic acid groups (broad SMARTS) is 1. The van der Waals surface area contributed by atoms with Crippen LogP contribution in [0.2, 0.25) is 0 Å². The quantitative estimate of drug-likeness (QED) is 0.0195. The van der Waals surface area contributed by atoms with Gasteiger partial charge in [-0.05, 0) is 57.8 Å². The number of carboxylic acids is 1. The van der Waals surface area contributed by atoms with Gasteiger partial charge in [-0.25, -0.2) is 0 Å². The number of hydrogen-bond acceptors (Lipinski definition) is 8. The molecule has 0 aromatic carbocycles. The number of esters is 2. The Morgan fingerprint density at radius 3 is 1.26 bits per heavy atom. The Hall–Kier alpha value is -2.23. The summed E-state index contributed by atoms with van der Waals surface area (Å²) in [6.45, 7) is 4.71. The first-order valence-electron chi connectivity index (χ1n) is 25.5. The molecule has 0 rings (SSSR count). The minimum Gasteiger partial charge on any atom is -0.545 e. The Bertz CT molecular complexity index is 1050. The molecular weight excluding hydrogens is 767 g/mol. The fraction of sp³-hybridized carbons (Fsp3) is 0.865. The molecule has 358 valence electrons. The molecule has 9 heteroatoms. The highest BCUT2D eigenvalue weighted by molar-refractivity contribution is 5.70. The van der Waals surface area contributed by atoms with Gasteiger partial charge in [0.2, 0.25) is 0 Å². The fourth-order valence-electron chi connectivity index (χ4n) is 7.16. The minimum atomic E-state index is -1.62. The van der Waals surface area contributed by atoms with E-state index < -0.39 is 24.3 Å². The van der Waals surface area contributed by atoms with Crippen LogP contribution in [-0.4, -0.2) is 82.3 Å². The van der Waals surface area contributed by atoms with Crippen molar-refractivity contribution in [3.8, 4) is 0 Å². The van der Waals surface area contributed by atoms with Crippen LogP contribution in [0.1, 0.15) is 232 Å². The molecule has 0 saturated carbocycles. The highest BCUT2D eigenvalue weighted by Gasteiger charge is 2.22. The van der Waals surface area contributed by atoms with Crippen LogP contribution < -0.4 is 5.11 Å². The van der Waals surface area contributed by atoms with Gasteiger partial charge in [0, 0.05) is 12.8 Å². The van der Waals surface area contributed by atoms with Crippen LogP contribution in [0.25, 0.3) is 0 Å². The van der Waals surface area contributed by atoms with Gasteiger partial charge in [-0.3, -0.25) is 9.59 Å². The van der Waals surface area contributed by atoms with E-state index in [-0.39, 0.29) is 38.6 Å². The van der Waals surface area contributed by atoms with Crippen molar-refractivity contribution in [2.24, 2.45) is 0 Å². The number of rotatable bonds is 47. The lowest BCUT2D eigenvalue weighted by atomic mass is 10.0. The number of likely N-dealkylation sites (N-methyl/N-ethyl adjacent to an activating group) is 1. The lowest BCUT2D eigenvalue weighted by Gasteiger charge is -2.26. The number of allylic oxidation sites excluding steroid dienone is 4. The van der Waals surface area contributed by atoms with E-state index in [1.165, 1.54) is 141 Å². The van der Waals surface area contributed by atoms with Crippen LogP contribution in [0.5, 0.6) is 0 Å².